The number of hydrogen-bond acceptors (Lipinski definition) is 0. The summed E-state index contributed by atoms with van der Waals surface area (Å²) in [6, 6.07) is 22.9. The maximum absolute atomic E-state index is 2.39. The van der Waals surface area contributed by atoms with E-state index in [1.165, 1.54) is 16.3 Å². The molecule has 0 fully saturated rings. The van der Waals surface area contributed by atoms with Crippen molar-refractivity contribution in [2.75, 3.05) is 0 Å². The van der Waals surface area contributed by atoms with E-state index in [-0.39, 0.29) is 66.8 Å². The van der Waals surface area contributed by atoms with Gasteiger partial charge in [0.1, 0.15) is 0 Å². The van der Waals surface area contributed by atoms with Crippen LogP contribution >= 0.6 is 0 Å². The molecule has 0 bridgehead atoms. The van der Waals surface area contributed by atoms with Crippen molar-refractivity contribution >= 4 is 26.6 Å². The van der Waals surface area contributed by atoms with Gasteiger partial charge in [0.2, 0.25) is 0 Å². The van der Waals surface area contributed by atoms with Crippen LogP contribution in [0.3, 0.4) is 0 Å². The number of aryl methyl sites for hydroxylation is 1. The van der Waals surface area contributed by atoms with Gasteiger partial charge in [-0.3, -0.25) is 0 Å². The Labute approximate surface area is 181 Å². The van der Waals surface area contributed by atoms with Crippen molar-refractivity contribution in [3.8, 4) is 0 Å². The fourth-order valence-corrected chi connectivity index (χ4v) is 1.54. The fourth-order valence-electron chi connectivity index (χ4n) is 1.54. The first kappa shape index (κ1) is 28.9. The van der Waals surface area contributed by atoms with Crippen LogP contribution < -0.4 is 24.8 Å². The Kier molecular flexibility index (Phi) is 19.9. The molecule has 0 aliphatic carbocycles. The topological polar surface area (TPSA) is 0 Å². The zero-order valence-electron chi connectivity index (χ0n) is 15.1. The van der Waals surface area contributed by atoms with Crippen LogP contribution in [0.2, 0.25) is 26.2 Å². The summed E-state index contributed by atoms with van der Waals surface area (Å²) in [5.74, 6) is 0. The minimum absolute atomic E-state index is 0. The smallest absolute Gasteiger partial charge is 1.00 e. The molecule has 0 nitrogen and oxygen atoms in total. The predicted molar refractivity (Wildman–Crippen MR) is 101 cm³/mol. The molecular weight excluding hydrogens is 447 g/mol. The van der Waals surface area contributed by atoms with E-state index in [4.69, 9.17) is 0 Å². The molecule has 0 aliphatic heterocycles. The molecule has 128 valence electrons. The van der Waals surface area contributed by atoms with E-state index in [1.54, 1.807) is 0 Å². The Balaban J connectivity index is -0.000000268. The number of fused-ring (bicyclic) bond motifs is 1. The molecule has 0 atom stereocenters. The number of benzene rings is 1. The number of hydrogen-bond donors (Lipinski definition) is 0. The van der Waals surface area contributed by atoms with Crippen LogP contribution in [0.4, 0.5) is 0 Å². The van der Waals surface area contributed by atoms with Gasteiger partial charge in [-0.2, -0.15) is 35.7 Å². The molecule has 0 unspecified atom stereocenters. The Morgan fingerprint density at radius 1 is 0.792 bits per heavy atom. The minimum Gasteiger partial charge on any atom is -1.00 e. The van der Waals surface area contributed by atoms with Crippen molar-refractivity contribution in [3.05, 3.63) is 72.3 Å². The van der Waals surface area contributed by atoms with Crippen LogP contribution in [0.25, 0.3) is 10.8 Å². The third kappa shape index (κ3) is 12.4. The third-order valence-corrected chi connectivity index (χ3v) is 11.4. The van der Waals surface area contributed by atoms with Crippen molar-refractivity contribution in [2.24, 2.45) is 0 Å². The first-order chi connectivity index (χ1) is 10.0. The Morgan fingerprint density at radius 2 is 1.38 bits per heavy atom. The van der Waals surface area contributed by atoms with Gasteiger partial charge in [0.15, 0.2) is 0 Å². The van der Waals surface area contributed by atoms with E-state index in [0.717, 1.165) is 0 Å². The average Bonchev–Trinajstić information content (AvgIpc) is 3.10. The van der Waals surface area contributed by atoms with Crippen LogP contribution in [0.1, 0.15) is 5.56 Å². The van der Waals surface area contributed by atoms with E-state index < -0.39 is 0 Å². The van der Waals surface area contributed by atoms with Crippen LogP contribution in [-0.2, 0) is 26.2 Å². The molecule has 24 heavy (non-hydrogen) atoms. The van der Waals surface area contributed by atoms with Crippen molar-refractivity contribution in [1.82, 2.24) is 0 Å². The molecular formula is C19H26Cl2Si2Zr. The summed E-state index contributed by atoms with van der Waals surface area (Å²) >= 11 is 0. The number of rotatable bonds is 0. The van der Waals surface area contributed by atoms with Crippen molar-refractivity contribution < 1.29 is 51.0 Å². The van der Waals surface area contributed by atoms with Gasteiger partial charge in [0.25, 0.3) is 0 Å². The molecule has 3 rings (SSSR count). The quantitative estimate of drug-likeness (QED) is 0.316. The second-order valence-corrected chi connectivity index (χ2v) is 15.6. The first-order valence-corrected chi connectivity index (χ1v) is 13.4. The van der Waals surface area contributed by atoms with E-state index >= 15 is 0 Å². The monoisotopic (exact) mass is 470 g/mol. The van der Waals surface area contributed by atoms with E-state index in [1.807, 2.05) is 12.1 Å². The molecule has 0 saturated carbocycles. The molecule has 0 saturated heterocycles. The molecule has 0 amide bonds. The van der Waals surface area contributed by atoms with Gasteiger partial charge in [-0.1, -0.05) is 39.2 Å². The Hall–Kier alpha value is 0.0769. The SMILES string of the molecule is C[Si](C)=[Si](C)C.Cc1cc[cH-]c1.[Cl-].[Cl-].[Zr+4].c1ccc2[cH-]ccc2c1. The van der Waals surface area contributed by atoms with Gasteiger partial charge in [0, 0.05) is 0 Å². The van der Waals surface area contributed by atoms with Crippen molar-refractivity contribution in [3.63, 3.8) is 0 Å². The van der Waals surface area contributed by atoms with Gasteiger partial charge in [-0.25, -0.2) is 11.6 Å². The summed E-state index contributed by atoms with van der Waals surface area (Å²) in [4.78, 5) is 0. The second-order valence-electron chi connectivity index (χ2n) is 5.62. The van der Waals surface area contributed by atoms with Crippen molar-refractivity contribution in [2.45, 2.75) is 33.1 Å². The molecule has 0 aliphatic rings. The summed E-state index contributed by atoms with van der Waals surface area (Å²) in [6.07, 6.45) is 0. The molecule has 3 aromatic rings. The standard InChI is InChI=1S/C9H7.C6H7.C4H12Si2.2ClH.Zr/c1-2-5-9-7-3-6-8(9)4-1;1-6-4-2-3-5-6;1-5(2)6(3)4;;;/h1-7H;2-5H,1H3;1-4H3;2*1H;/q2*-1;;;;+4/p-2. The summed E-state index contributed by atoms with van der Waals surface area (Å²) < 4.78 is 0. The van der Waals surface area contributed by atoms with Crippen LogP contribution in [-0.4, -0.2) is 15.8 Å². The third-order valence-electron chi connectivity index (χ3n) is 3.38. The largest absolute Gasteiger partial charge is 4.00 e. The fraction of sp³-hybridized carbons (Fsp3) is 0.263. The van der Waals surface area contributed by atoms with E-state index in [9.17, 15) is 0 Å². The maximum atomic E-state index is 2.39. The normalized spacial score (nSPS) is 8.04. The van der Waals surface area contributed by atoms with Crippen LogP contribution in [0, 0.1) is 6.92 Å². The molecule has 0 aromatic heterocycles. The maximum Gasteiger partial charge on any atom is 4.00 e. The molecule has 3 aromatic carbocycles. The minimum atomic E-state index is 0. The molecule has 0 N–H and O–H groups in total. The summed E-state index contributed by atoms with van der Waals surface area (Å²) in [7, 11) is 0.300. The van der Waals surface area contributed by atoms with Crippen molar-refractivity contribution in [1.29, 1.82) is 0 Å². The van der Waals surface area contributed by atoms with E-state index in [2.05, 4.69) is 87.7 Å². The molecule has 0 heterocycles. The molecule has 5 heteroatoms. The molecule has 0 radical (unpaired) electrons. The summed E-state index contributed by atoms with van der Waals surface area (Å²) in [6.45, 7) is 11.6. The second kappa shape index (κ2) is 16.5. The van der Waals surface area contributed by atoms with Gasteiger partial charge < -0.3 is 24.8 Å². The zero-order valence-corrected chi connectivity index (χ0v) is 21.1. The zero-order chi connectivity index (χ0) is 15.7. The first-order valence-electron chi connectivity index (χ1n) is 7.40. The van der Waals surface area contributed by atoms with Gasteiger partial charge >= 0.3 is 26.2 Å². The summed E-state index contributed by atoms with van der Waals surface area (Å²) in [5.41, 5.74) is 1.34. The van der Waals surface area contributed by atoms with E-state index in [0.29, 0.717) is 0 Å². The Morgan fingerprint density at radius 3 is 1.75 bits per heavy atom. The molecule has 0 spiro atoms. The van der Waals surface area contributed by atoms with Gasteiger partial charge in [0.05, 0.1) is 0 Å². The predicted octanol–water partition coefficient (Wildman–Crippen LogP) is -0.148. The Bertz CT molecular complexity index is 625. The van der Waals surface area contributed by atoms with Gasteiger partial charge in [-0.05, 0) is 15.8 Å². The van der Waals surface area contributed by atoms with Crippen LogP contribution in [0.15, 0.2) is 66.7 Å². The van der Waals surface area contributed by atoms with Gasteiger partial charge in [-0.15, -0.1) is 29.7 Å². The average molecular weight is 473 g/mol. The van der Waals surface area contributed by atoms with Crippen LogP contribution in [0.5, 0.6) is 0 Å². The number of halogens is 2. The summed E-state index contributed by atoms with van der Waals surface area (Å²) in [5, 5.41) is 2.66.